The molecule has 0 aliphatic carbocycles. The molecule has 15 heteroatoms. The number of ether oxygens (including phenoxy) is 1. The lowest BCUT2D eigenvalue weighted by atomic mass is 9.99. The minimum absolute atomic E-state index is 0.520. The van der Waals surface area contributed by atoms with Crippen LogP contribution in [-0.2, 0) is 27.5 Å². The normalized spacial score (nSPS) is 11.4. The van der Waals surface area contributed by atoms with Gasteiger partial charge in [-0.05, 0) is 39.4 Å². The van der Waals surface area contributed by atoms with Gasteiger partial charge in [-0.15, -0.1) is 0 Å². The maximum atomic E-state index is 10.6. The first-order valence-electron chi connectivity index (χ1n) is 11.1. The van der Waals surface area contributed by atoms with Gasteiger partial charge in [-0.3, -0.25) is 0 Å². The average molecular weight is 586 g/mol. The van der Waals surface area contributed by atoms with Crippen LogP contribution < -0.4 is 11.7 Å². The summed E-state index contributed by atoms with van der Waals surface area (Å²) in [6.45, 7) is 1.05. The number of benzene rings is 3. The average Bonchev–Trinajstić information content (AvgIpc) is 2.90. The lowest BCUT2D eigenvalue weighted by Gasteiger charge is -2.11. The summed E-state index contributed by atoms with van der Waals surface area (Å²) >= 11 is 0. The Bertz CT molecular complexity index is 1300. The number of hydrazone groups is 2. The van der Waals surface area contributed by atoms with Crippen LogP contribution in [0, 0.1) is 0 Å². The molecule has 0 atom stereocenters. The SMILES string of the molecule is NN=Cc1ccc(-c2ccccc2COCc2cccc(C=NN)c2)cc1.O=C(O)C(F)(F)F.O=C(O)C(F)(F)F. The molecule has 0 bridgehead atoms. The van der Waals surface area contributed by atoms with Crippen LogP contribution in [0.25, 0.3) is 11.1 Å². The van der Waals surface area contributed by atoms with Crippen LogP contribution in [0.15, 0.2) is 83.0 Å². The van der Waals surface area contributed by atoms with Crippen molar-refractivity contribution in [2.45, 2.75) is 25.6 Å². The van der Waals surface area contributed by atoms with E-state index in [2.05, 4.69) is 34.5 Å². The monoisotopic (exact) mass is 586 g/mol. The molecule has 0 fully saturated rings. The second-order valence-electron chi connectivity index (χ2n) is 7.68. The number of alkyl halides is 6. The second kappa shape index (κ2) is 16.2. The van der Waals surface area contributed by atoms with E-state index in [0.29, 0.717) is 13.2 Å². The van der Waals surface area contributed by atoms with E-state index in [1.807, 2.05) is 48.5 Å². The van der Waals surface area contributed by atoms with E-state index in [9.17, 15) is 26.3 Å². The van der Waals surface area contributed by atoms with Gasteiger partial charge in [0.05, 0.1) is 25.6 Å². The van der Waals surface area contributed by atoms with Crippen LogP contribution in [0.3, 0.4) is 0 Å². The highest BCUT2D eigenvalue weighted by Gasteiger charge is 2.38. The molecular weight excluding hydrogens is 562 g/mol. The second-order valence-corrected chi connectivity index (χ2v) is 7.68. The lowest BCUT2D eigenvalue weighted by molar-refractivity contribution is -0.193. The van der Waals surface area contributed by atoms with Gasteiger partial charge >= 0.3 is 24.3 Å². The van der Waals surface area contributed by atoms with Crippen molar-refractivity contribution >= 4 is 24.4 Å². The van der Waals surface area contributed by atoms with E-state index in [0.717, 1.165) is 33.4 Å². The Kier molecular flexibility index (Phi) is 13.5. The van der Waals surface area contributed by atoms with Crippen molar-refractivity contribution in [3.05, 3.63) is 95.1 Å². The number of hydrogen-bond donors (Lipinski definition) is 4. The maximum Gasteiger partial charge on any atom is 0.490 e. The van der Waals surface area contributed by atoms with Gasteiger partial charge in [-0.2, -0.15) is 36.5 Å². The Morgan fingerprint density at radius 2 is 1.24 bits per heavy atom. The highest BCUT2D eigenvalue weighted by Crippen LogP contribution is 2.25. The van der Waals surface area contributed by atoms with Crippen molar-refractivity contribution in [2.75, 3.05) is 0 Å². The van der Waals surface area contributed by atoms with Crippen LogP contribution in [0.1, 0.15) is 22.3 Å². The highest BCUT2D eigenvalue weighted by molar-refractivity contribution is 5.81. The van der Waals surface area contributed by atoms with Gasteiger partial charge in [0.1, 0.15) is 0 Å². The highest BCUT2D eigenvalue weighted by atomic mass is 19.4. The fourth-order valence-electron chi connectivity index (χ4n) is 2.89. The first kappa shape index (κ1) is 34.1. The van der Waals surface area contributed by atoms with E-state index < -0.39 is 24.3 Å². The molecule has 3 aromatic carbocycles. The summed E-state index contributed by atoms with van der Waals surface area (Å²) in [7, 11) is 0. The predicted octanol–water partition coefficient (Wildman–Crippen LogP) is 4.92. The van der Waals surface area contributed by atoms with E-state index in [4.69, 9.17) is 36.2 Å². The number of halogens is 6. The van der Waals surface area contributed by atoms with Gasteiger partial charge in [-0.25, -0.2) is 9.59 Å². The van der Waals surface area contributed by atoms with Crippen molar-refractivity contribution in [3.63, 3.8) is 0 Å². The summed E-state index contributed by atoms with van der Waals surface area (Å²) in [6.07, 6.45) is -6.92. The summed E-state index contributed by atoms with van der Waals surface area (Å²) in [5.41, 5.74) is 6.42. The molecule has 0 spiro atoms. The third-order valence-electron chi connectivity index (χ3n) is 4.65. The third-order valence-corrected chi connectivity index (χ3v) is 4.65. The number of nitrogens with zero attached hydrogens (tertiary/aromatic N) is 2. The Balaban J connectivity index is 0.000000497. The molecule has 0 unspecified atom stereocenters. The Morgan fingerprint density at radius 1 is 0.732 bits per heavy atom. The number of rotatable bonds is 7. The summed E-state index contributed by atoms with van der Waals surface area (Å²) in [6, 6.07) is 24.3. The van der Waals surface area contributed by atoms with E-state index >= 15 is 0 Å². The smallest absolute Gasteiger partial charge is 0.475 e. The molecule has 9 nitrogen and oxygen atoms in total. The van der Waals surface area contributed by atoms with Gasteiger partial charge in [0.2, 0.25) is 0 Å². The van der Waals surface area contributed by atoms with Gasteiger partial charge in [-0.1, -0.05) is 66.7 Å². The quantitative estimate of drug-likeness (QED) is 0.132. The zero-order chi connectivity index (χ0) is 31.1. The zero-order valence-electron chi connectivity index (χ0n) is 20.9. The van der Waals surface area contributed by atoms with Crippen LogP contribution in [0.4, 0.5) is 26.3 Å². The lowest BCUT2D eigenvalue weighted by Crippen LogP contribution is -2.21. The molecule has 0 saturated heterocycles. The molecule has 6 N–H and O–H groups in total. The Morgan fingerprint density at radius 3 is 1.76 bits per heavy atom. The van der Waals surface area contributed by atoms with Crippen molar-refractivity contribution < 1.29 is 50.9 Å². The van der Waals surface area contributed by atoms with Crippen LogP contribution in [-0.4, -0.2) is 46.9 Å². The fraction of sp³-hybridized carbons (Fsp3) is 0.154. The molecule has 3 rings (SSSR count). The van der Waals surface area contributed by atoms with Crippen molar-refractivity contribution in [2.24, 2.45) is 21.9 Å². The van der Waals surface area contributed by atoms with E-state index in [1.165, 1.54) is 0 Å². The molecule has 0 aliphatic heterocycles. The Labute approximate surface area is 229 Å². The molecule has 0 amide bonds. The number of carbonyl (C=O) groups is 2. The summed E-state index contributed by atoms with van der Waals surface area (Å²) in [4.78, 5) is 17.8. The van der Waals surface area contributed by atoms with E-state index in [1.54, 1.807) is 12.4 Å². The molecule has 3 aromatic rings. The number of nitrogens with two attached hydrogens (primary N) is 2. The molecule has 41 heavy (non-hydrogen) atoms. The van der Waals surface area contributed by atoms with Gasteiger partial charge in [0.15, 0.2) is 0 Å². The first-order valence-corrected chi connectivity index (χ1v) is 11.1. The maximum absolute atomic E-state index is 10.6. The largest absolute Gasteiger partial charge is 0.490 e. The van der Waals surface area contributed by atoms with Crippen LogP contribution in [0.5, 0.6) is 0 Å². The molecule has 0 heterocycles. The minimum atomic E-state index is -5.08. The first-order chi connectivity index (χ1) is 19.2. The molecule has 0 saturated carbocycles. The van der Waals surface area contributed by atoms with Crippen molar-refractivity contribution in [3.8, 4) is 11.1 Å². The zero-order valence-corrected chi connectivity index (χ0v) is 20.9. The molecular formula is C26H24F6N4O5. The number of aliphatic carboxylic acids is 2. The van der Waals surface area contributed by atoms with Crippen molar-refractivity contribution in [1.29, 1.82) is 0 Å². The molecule has 0 aromatic heterocycles. The predicted molar refractivity (Wildman–Crippen MR) is 138 cm³/mol. The topological polar surface area (TPSA) is 161 Å². The van der Waals surface area contributed by atoms with Crippen LogP contribution >= 0.6 is 0 Å². The number of carboxylic acid groups (broad SMARTS) is 2. The number of carboxylic acids is 2. The van der Waals surface area contributed by atoms with Crippen molar-refractivity contribution in [1.82, 2.24) is 0 Å². The number of hydrogen-bond acceptors (Lipinski definition) is 7. The Hall–Kier alpha value is -4.92. The van der Waals surface area contributed by atoms with Gasteiger partial charge in [0, 0.05) is 0 Å². The van der Waals surface area contributed by atoms with Gasteiger partial charge < -0.3 is 26.6 Å². The minimum Gasteiger partial charge on any atom is -0.475 e. The standard InChI is InChI=1S/C22H22N4O.2C2HF3O2/c23-25-13-17-8-10-20(11-9-17)22-7-2-1-6-21(22)16-27-15-19-5-3-4-18(12-19)14-26-24;2*3-2(4,5)1(6)7/h1-14H,15-16,23-24H2;2*(H,6,7). The summed E-state index contributed by atoms with van der Waals surface area (Å²) in [5.74, 6) is 4.90. The van der Waals surface area contributed by atoms with Crippen LogP contribution in [0.2, 0.25) is 0 Å². The summed E-state index contributed by atoms with van der Waals surface area (Å²) < 4.78 is 69.4. The van der Waals surface area contributed by atoms with E-state index in [-0.39, 0.29) is 0 Å². The van der Waals surface area contributed by atoms with Gasteiger partial charge in [0.25, 0.3) is 0 Å². The molecule has 0 radical (unpaired) electrons. The molecule has 0 aliphatic rings. The summed E-state index contributed by atoms with van der Waals surface area (Å²) in [5, 5.41) is 21.4. The molecule has 220 valence electrons. The third kappa shape index (κ3) is 13.1. The fourth-order valence-corrected chi connectivity index (χ4v) is 2.89.